The molecule has 0 aromatic heterocycles. The zero-order valence-electron chi connectivity index (χ0n) is 20.8. The largest absolute Gasteiger partial charge is 0.461 e. The zero-order chi connectivity index (χ0) is 22.6. The standard InChI is InChI=1S/C22H50O6Si2/c1-7-11-12-14-17-20-28-30(23-5,24-6)29-21-18-15-13-16-19-22(25-8-2,26-9-3)27-10-4/h7-21,29H2,1-6H3. The van der Waals surface area contributed by atoms with E-state index in [4.69, 9.17) is 27.5 Å². The molecular formula is C22H50O6Si2. The van der Waals surface area contributed by atoms with Crippen LogP contribution in [0.5, 0.6) is 0 Å². The molecule has 0 amide bonds. The quantitative estimate of drug-likeness (QED) is 0.120. The first-order valence-electron chi connectivity index (χ1n) is 12.2. The SMILES string of the molecule is CCCCCCCO[Si](OC)(OC)[SiH2]CCCCCCC(OCC)(OCC)OCC. The Morgan fingerprint density at radius 1 is 0.667 bits per heavy atom. The topological polar surface area (TPSA) is 55.4 Å². The highest BCUT2D eigenvalue weighted by atomic mass is 29.2. The molecule has 0 spiro atoms. The molecule has 0 rings (SSSR count). The predicted octanol–water partition coefficient (Wildman–Crippen LogP) is 5.00. The van der Waals surface area contributed by atoms with Gasteiger partial charge in [0.15, 0.2) is 0 Å². The van der Waals surface area contributed by atoms with Gasteiger partial charge in [-0.1, -0.05) is 57.9 Å². The summed E-state index contributed by atoms with van der Waals surface area (Å²) in [4.78, 5) is 0. The second-order valence-electron chi connectivity index (χ2n) is 7.60. The number of ether oxygens (including phenoxy) is 3. The van der Waals surface area contributed by atoms with Crippen LogP contribution in [-0.2, 0) is 27.5 Å². The van der Waals surface area contributed by atoms with E-state index in [-0.39, 0.29) is 0 Å². The molecule has 0 aliphatic heterocycles. The lowest BCUT2D eigenvalue weighted by molar-refractivity contribution is -0.380. The van der Waals surface area contributed by atoms with Crippen molar-refractivity contribution in [1.29, 1.82) is 0 Å². The first-order chi connectivity index (χ1) is 14.6. The lowest BCUT2D eigenvalue weighted by Gasteiger charge is -2.32. The maximum atomic E-state index is 6.17. The molecule has 0 N–H and O–H groups in total. The molecule has 0 unspecified atom stereocenters. The van der Waals surface area contributed by atoms with Crippen molar-refractivity contribution >= 4 is 17.4 Å². The Morgan fingerprint density at radius 3 is 1.73 bits per heavy atom. The average Bonchev–Trinajstić information content (AvgIpc) is 2.75. The molecule has 0 saturated heterocycles. The van der Waals surface area contributed by atoms with E-state index in [1.54, 1.807) is 14.2 Å². The van der Waals surface area contributed by atoms with Gasteiger partial charge >= 0.3 is 8.32 Å². The van der Waals surface area contributed by atoms with E-state index >= 15 is 0 Å². The summed E-state index contributed by atoms with van der Waals surface area (Å²) in [7, 11) is 0.640. The predicted molar refractivity (Wildman–Crippen MR) is 129 cm³/mol. The van der Waals surface area contributed by atoms with Crippen LogP contribution in [0.2, 0.25) is 6.04 Å². The number of unbranched alkanes of at least 4 members (excludes halogenated alkanes) is 7. The smallest absolute Gasteiger partial charge is 0.380 e. The molecule has 6 nitrogen and oxygen atoms in total. The summed E-state index contributed by atoms with van der Waals surface area (Å²) < 4.78 is 35.1. The maximum Gasteiger partial charge on any atom is 0.461 e. The Labute approximate surface area is 189 Å². The number of rotatable bonds is 23. The van der Waals surface area contributed by atoms with Gasteiger partial charge in [-0.2, -0.15) is 0 Å². The Balaban J connectivity index is 4.12. The normalized spacial score (nSPS) is 13.0. The second kappa shape index (κ2) is 19.8. The van der Waals surface area contributed by atoms with Crippen LogP contribution in [0.1, 0.15) is 91.9 Å². The fourth-order valence-corrected chi connectivity index (χ4v) is 10.2. The summed E-state index contributed by atoms with van der Waals surface area (Å²) in [5, 5.41) is 0. The fourth-order valence-electron chi connectivity index (χ4n) is 3.63. The van der Waals surface area contributed by atoms with Crippen LogP contribution < -0.4 is 0 Å². The second-order valence-corrected chi connectivity index (χ2v) is 15.4. The van der Waals surface area contributed by atoms with Crippen LogP contribution in [-0.4, -0.2) is 64.0 Å². The molecule has 0 radical (unpaired) electrons. The fraction of sp³-hybridized carbons (Fsp3) is 1.00. The van der Waals surface area contributed by atoms with Gasteiger partial charge in [-0.15, -0.1) is 0 Å². The monoisotopic (exact) mass is 466 g/mol. The highest BCUT2D eigenvalue weighted by Crippen LogP contribution is 2.24. The molecule has 8 heteroatoms. The van der Waals surface area contributed by atoms with Crippen LogP contribution in [0, 0.1) is 0 Å². The van der Waals surface area contributed by atoms with Gasteiger partial charge in [-0.3, -0.25) is 0 Å². The minimum atomic E-state index is -2.36. The molecule has 0 aliphatic rings. The van der Waals surface area contributed by atoms with Crippen molar-refractivity contribution in [2.24, 2.45) is 0 Å². The first-order valence-corrected chi connectivity index (χ1v) is 17.3. The van der Waals surface area contributed by atoms with E-state index in [2.05, 4.69) is 6.92 Å². The molecule has 182 valence electrons. The minimum Gasteiger partial charge on any atom is -0.380 e. The van der Waals surface area contributed by atoms with Crippen molar-refractivity contribution in [2.45, 2.75) is 104 Å². The van der Waals surface area contributed by atoms with Gasteiger partial charge in [0.25, 0.3) is 5.97 Å². The van der Waals surface area contributed by atoms with Crippen molar-refractivity contribution in [3.8, 4) is 0 Å². The third kappa shape index (κ3) is 13.6. The Kier molecular flexibility index (Phi) is 20.0. The van der Waals surface area contributed by atoms with Crippen LogP contribution in [0.3, 0.4) is 0 Å². The van der Waals surface area contributed by atoms with E-state index < -0.39 is 23.3 Å². The Morgan fingerprint density at radius 2 is 1.20 bits per heavy atom. The van der Waals surface area contributed by atoms with Crippen molar-refractivity contribution in [3.63, 3.8) is 0 Å². The highest BCUT2D eigenvalue weighted by Gasteiger charge is 2.37. The van der Waals surface area contributed by atoms with Gasteiger partial charge in [-0.25, -0.2) is 0 Å². The van der Waals surface area contributed by atoms with E-state index in [1.165, 1.54) is 44.6 Å². The van der Waals surface area contributed by atoms with Gasteiger partial charge < -0.3 is 27.5 Å². The van der Waals surface area contributed by atoms with Crippen molar-refractivity contribution in [3.05, 3.63) is 0 Å². The molecule has 0 aliphatic carbocycles. The van der Waals surface area contributed by atoms with E-state index in [0.717, 1.165) is 32.3 Å². The lowest BCUT2D eigenvalue weighted by atomic mass is 10.1. The van der Waals surface area contributed by atoms with E-state index in [0.29, 0.717) is 19.8 Å². The Bertz CT molecular complexity index is 353. The molecule has 0 aromatic rings. The van der Waals surface area contributed by atoms with Gasteiger partial charge in [-0.05, 0) is 33.6 Å². The van der Waals surface area contributed by atoms with Gasteiger partial charge in [0.2, 0.25) is 0 Å². The van der Waals surface area contributed by atoms with Crippen LogP contribution >= 0.6 is 0 Å². The van der Waals surface area contributed by atoms with Crippen molar-refractivity contribution in [1.82, 2.24) is 0 Å². The van der Waals surface area contributed by atoms with E-state index in [9.17, 15) is 0 Å². The van der Waals surface area contributed by atoms with Gasteiger partial charge in [0.1, 0.15) is 9.04 Å². The van der Waals surface area contributed by atoms with Crippen molar-refractivity contribution in [2.75, 3.05) is 40.6 Å². The highest BCUT2D eigenvalue weighted by molar-refractivity contribution is 7.14. The Hall–Kier alpha value is 0.194. The lowest BCUT2D eigenvalue weighted by Crippen LogP contribution is -2.50. The minimum absolute atomic E-state index is 0.513. The molecule has 0 fully saturated rings. The molecule has 0 aromatic carbocycles. The van der Waals surface area contributed by atoms with Crippen LogP contribution in [0.15, 0.2) is 0 Å². The molecule has 0 saturated carbocycles. The molecule has 0 atom stereocenters. The summed E-state index contributed by atoms with van der Waals surface area (Å²) in [5.41, 5.74) is 0. The first kappa shape index (κ1) is 30.2. The van der Waals surface area contributed by atoms with Crippen molar-refractivity contribution < 1.29 is 27.5 Å². The summed E-state index contributed by atoms with van der Waals surface area (Å²) in [6.07, 6.45) is 11.6. The van der Waals surface area contributed by atoms with Crippen LogP contribution in [0.25, 0.3) is 0 Å². The number of hydrogen-bond acceptors (Lipinski definition) is 6. The number of hydrogen-bond donors (Lipinski definition) is 0. The molecular weight excluding hydrogens is 416 g/mol. The average molecular weight is 467 g/mol. The van der Waals surface area contributed by atoms with E-state index in [1.807, 2.05) is 20.8 Å². The summed E-state index contributed by atoms with van der Waals surface area (Å²) in [6.45, 7) is 10.7. The summed E-state index contributed by atoms with van der Waals surface area (Å²) >= 11 is 0. The molecule has 30 heavy (non-hydrogen) atoms. The zero-order valence-corrected chi connectivity index (χ0v) is 23.2. The van der Waals surface area contributed by atoms with Gasteiger partial charge in [0.05, 0.1) is 0 Å². The third-order valence-electron chi connectivity index (χ3n) is 5.25. The van der Waals surface area contributed by atoms with Gasteiger partial charge in [0, 0.05) is 47.1 Å². The summed E-state index contributed by atoms with van der Waals surface area (Å²) in [6, 6.07) is 1.21. The molecule has 0 bridgehead atoms. The van der Waals surface area contributed by atoms with Crippen LogP contribution in [0.4, 0.5) is 0 Å². The maximum absolute atomic E-state index is 6.17. The summed E-state index contributed by atoms with van der Waals surface area (Å²) in [5.74, 6) is -0.869. The third-order valence-corrected chi connectivity index (χ3v) is 13.8. The molecule has 0 heterocycles.